The Kier molecular flexibility index (Phi) is 9.05. The van der Waals surface area contributed by atoms with Gasteiger partial charge in [0, 0.05) is 23.1 Å². The summed E-state index contributed by atoms with van der Waals surface area (Å²) in [5.41, 5.74) is 1.37. The van der Waals surface area contributed by atoms with Gasteiger partial charge in [-0.1, -0.05) is 58.0 Å². The van der Waals surface area contributed by atoms with Gasteiger partial charge in [0.25, 0.3) is 0 Å². The standard InChI is InChI=1S/C18H31NOS/c1-5-12-19-17(16-9-7-6-8-10-16)18(14(2)3)21-15(4)11-13-20/h6-10,14-15,17-20H,5,11-13H2,1-4H3. The lowest BCUT2D eigenvalue weighted by Crippen LogP contribution is -2.35. The van der Waals surface area contributed by atoms with E-state index >= 15 is 0 Å². The first-order valence-corrected chi connectivity index (χ1v) is 9.09. The number of thioether (sulfide) groups is 1. The molecular weight excluding hydrogens is 278 g/mol. The molecule has 1 aromatic rings. The van der Waals surface area contributed by atoms with Gasteiger partial charge in [-0.3, -0.25) is 0 Å². The summed E-state index contributed by atoms with van der Waals surface area (Å²) < 4.78 is 0. The van der Waals surface area contributed by atoms with E-state index in [9.17, 15) is 0 Å². The second-order valence-electron chi connectivity index (χ2n) is 6.01. The molecule has 0 radical (unpaired) electrons. The van der Waals surface area contributed by atoms with Crippen molar-refractivity contribution in [2.24, 2.45) is 5.92 Å². The van der Waals surface area contributed by atoms with Gasteiger partial charge in [0.05, 0.1) is 0 Å². The van der Waals surface area contributed by atoms with Gasteiger partial charge < -0.3 is 10.4 Å². The lowest BCUT2D eigenvalue weighted by atomic mass is 9.96. The Morgan fingerprint density at radius 2 is 1.81 bits per heavy atom. The molecule has 0 spiro atoms. The molecule has 0 aromatic heterocycles. The summed E-state index contributed by atoms with van der Waals surface area (Å²) in [4.78, 5) is 0. The zero-order chi connectivity index (χ0) is 15.7. The third-order valence-electron chi connectivity index (χ3n) is 3.68. The fourth-order valence-electron chi connectivity index (χ4n) is 2.52. The first-order valence-electron chi connectivity index (χ1n) is 8.14. The molecule has 0 bridgehead atoms. The van der Waals surface area contributed by atoms with Crippen LogP contribution in [0.25, 0.3) is 0 Å². The van der Waals surface area contributed by atoms with E-state index in [0.29, 0.717) is 22.5 Å². The van der Waals surface area contributed by atoms with E-state index in [1.54, 1.807) is 0 Å². The largest absolute Gasteiger partial charge is 0.396 e. The van der Waals surface area contributed by atoms with Crippen molar-refractivity contribution in [3.63, 3.8) is 0 Å². The zero-order valence-corrected chi connectivity index (χ0v) is 14.7. The van der Waals surface area contributed by atoms with E-state index in [2.05, 4.69) is 63.3 Å². The quantitative estimate of drug-likeness (QED) is 0.677. The number of nitrogens with one attached hydrogen (secondary N) is 1. The number of aliphatic hydroxyl groups excluding tert-OH is 1. The average molecular weight is 310 g/mol. The number of hydrogen-bond donors (Lipinski definition) is 2. The molecule has 3 heteroatoms. The van der Waals surface area contributed by atoms with Crippen molar-refractivity contribution in [2.75, 3.05) is 13.2 Å². The van der Waals surface area contributed by atoms with Gasteiger partial charge in [0.2, 0.25) is 0 Å². The maximum atomic E-state index is 9.16. The van der Waals surface area contributed by atoms with Crippen molar-refractivity contribution >= 4 is 11.8 Å². The Hall–Kier alpha value is -0.510. The van der Waals surface area contributed by atoms with E-state index in [-0.39, 0.29) is 6.61 Å². The molecule has 2 nitrogen and oxygen atoms in total. The minimum atomic E-state index is 0.275. The second kappa shape index (κ2) is 10.3. The molecule has 3 atom stereocenters. The first-order chi connectivity index (χ1) is 10.1. The fraction of sp³-hybridized carbons (Fsp3) is 0.667. The maximum Gasteiger partial charge on any atom is 0.0443 e. The van der Waals surface area contributed by atoms with Gasteiger partial charge in [-0.25, -0.2) is 0 Å². The molecular formula is C18H31NOS. The van der Waals surface area contributed by atoms with Crippen molar-refractivity contribution < 1.29 is 5.11 Å². The molecule has 0 amide bonds. The van der Waals surface area contributed by atoms with Gasteiger partial charge in [0.1, 0.15) is 0 Å². The SMILES string of the molecule is CCCNC(c1ccccc1)C(SC(C)CCO)C(C)C. The van der Waals surface area contributed by atoms with Crippen LogP contribution in [0.15, 0.2) is 30.3 Å². The molecule has 1 aromatic carbocycles. The van der Waals surface area contributed by atoms with Crippen molar-refractivity contribution in [2.45, 2.75) is 57.1 Å². The Morgan fingerprint density at radius 1 is 1.14 bits per heavy atom. The minimum absolute atomic E-state index is 0.275. The molecule has 120 valence electrons. The number of benzene rings is 1. The molecule has 0 fully saturated rings. The second-order valence-corrected chi connectivity index (χ2v) is 7.63. The van der Waals surface area contributed by atoms with Gasteiger partial charge in [-0.05, 0) is 30.9 Å². The van der Waals surface area contributed by atoms with Crippen molar-refractivity contribution in [1.82, 2.24) is 5.32 Å². The van der Waals surface area contributed by atoms with Crippen LogP contribution in [0, 0.1) is 5.92 Å². The highest BCUT2D eigenvalue weighted by Crippen LogP contribution is 2.35. The molecule has 0 aliphatic rings. The van der Waals surface area contributed by atoms with Crippen LogP contribution in [-0.4, -0.2) is 28.8 Å². The van der Waals surface area contributed by atoms with Crippen LogP contribution in [0.3, 0.4) is 0 Å². The predicted octanol–water partition coefficient (Wildman–Crippen LogP) is 4.26. The van der Waals surface area contributed by atoms with Gasteiger partial charge in [-0.2, -0.15) is 11.8 Å². The minimum Gasteiger partial charge on any atom is -0.396 e. The molecule has 0 aliphatic heterocycles. The molecule has 2 N–H and O–H groups in total. The fourth-order valence-corrected chi connectivity index (χ4v) is 4.03. The summed E-state index contributed by atoms with van der Waals surface area (Å²) >= 11 is 2.01. The summed E-state index contributed by atoms with van der Waals surface area (Å²) in [6.45, 7) is 10.3. The van der Waals surface area contributed by atoms with E-state index in [4.69, 9.17) is 5.11 Å². The van der Waals surface area contributed by atoms with Gasteiger partial charge >= 0.3 is 0 Å². The summed E-state index contributed by atoms with van der Waals surface area (Å²) in [5, 5.41) is 13.9. The van der Waals surface area contributed by atoms with Crippen LogP contribution in [-0.2, 0) is 0 Å². The molecule has 0 saturated carbocycles. The van der Waals surface area contributed by atoms with Crippen LogP contribution in [0.2, 0.25) is 0 Å². The van der Waals surface area contributed by atoms with Crippen molar-refractivity contribution in [3.8, 4) is 0 Å². The highest BCUT2D eigenvalue weighted by atomic mass is 32.2. The normalized spacial score (nSPS) is 15.9. The summed E-state index contributed by atoms with van der Waals surface area (Å²) in [5.74, 6) is 0.589. The van der Waals surface area contributed by atoms with Crippen LogP contribution in [0.1, 0.15) is 52.1 Å². The van der Waals surface area contributed by atoms with E-state index in [1.807, 2.05) is 11.8 Å². The van der Waals surface area contributed by atoms with Gasteiger partial charge in [-0.15, -0.1) is 0 Å². The predicted molar refractivity (Wildman–Crippen MR) is 94.9 cm³/mol. The summed E-state index contributed by atoms with van der Waals surface area (Å²) in [6, 6.07) is 11.1. The molecule has 1 rings (SSSR count). The molecule has 0 heterocycles. The molecule has 21 heavy (non-hydrogen) atoms. The Balaban J connectivity index is 2.90. The third-order valence-corrected chi connectivity index (χ3v) is 5.51. The van der Waals surface area contributed by atoms with Crippen molar-refractivity contribution in [1.29, 1.82) is 0 Å². The smallest absolute Gasteiger partial charge is 0.0443 e. The van der Waals surface area contributed by atoms with E-state index in [0.717, 1.165) is 19.4 Å². The Bertz CT molecular complexity index is 369. The Labute approximate surface area is 134 Å². The zero-order valence-electron chi connectivity index (χ0n) is 13.9. The van der Waals surface area contributed by atoms with E-state index in [1.165, 1.54) is 5.56 Å². The lowest BCUT2D eigenvalue weighted by molar-refractivity contribution is 0.288. The lowest BCUT2D eigenvalue weighted by Gasteiger charge is -2.33. The molecule has 3 unspecified atom stereocenters. The van der Waals surface area contributed by atoms with Gasteiger partial charge in [0.15, 0.2) is 0 Å². The maximum absolute atomic E-state index is 9.16. The average Bonchev–Trinajstić information content (AvgIpc) is 2.47. The Morgan fingerprint density at radius 3 is 2.33 bits per heavy atom. The molecule has 0 aliphatic carbocycles. The first kappa shape index (κ1) is 18.5. The number of aliphatic hydroxyl groups is 1. The summed E-state index contributed by atoms with van der Waals surface area (Å²) in [6.07, 6.45) is 2.01. The van der Waals surface area contributed by atoms with E-state index < -0.39 is 0 Å². The topological polar surface area (TPSA) is 32.3 Å². The third kappa shape index (κ3) is 6.41. The van der Waals surface area contributed by atoms with Crippen LogP contribution >= 0.6 is 11.8 Å². The van der Waals surface area contributed by atoms with Crippen molar-refractivity contribution in [3.05, 3.63) is 35.9 Å². The van der Waals surface area contributed by atoms with Crippen LogP contribution in [0.4, 0.5) is 0 Å². The number of hydrogen-bond acceptors (Lipinski definition) is 3. The van der Waals surface area contributed by atoms with Crippen LogP contribution in [0.5, 0.6) is 0 Å². The highest BCUT2D eigenvalue weighted by Gasteiger charge is 2.27. The highest BCUT2D eigenvalue weighted by molar-refractivity contribution is 8.00. The monoisotopic (exact) mass is 309 g/mol. The van der Waals surface area contributed by atoms with Crippen LogP contribution < -0.4 is 5.32 Å². The summed E-state index contributed by atoms with van der Waals surface area (Å²) in [7, 11) is 0. The molecule has 0 saturated heterocycles. The number of rotatable bonds is 10.